The van der Waals surface area contributed by atoms with Gasteiger partial charge in [-0.2, -0.15) is 0 Å². The van der Waals surface area contributed by atoms with E-state index in [4.69, 9.17) is 4.42 Å². The maximum atomic E-state index is 10.2. The predicted octanol–water partition coefficient (Wildman–Crippen LogP) is 3.45. The number of rotatable bonds is 3. The van der Waals surface area contributed by atoms with Gasteiger partial charge in [0.25, 0.3) is 0 Å². The summed E-state index contributed by atoms with van der Waals surface area (Å²) in [6.07, 6.45) is 7.88. The minimum Gasteiger partial charge on any atom is -0.469 e. The Bertz CT molecular complexity index is 369. The molecule has 0 radical (unpaired) electrons. The molecule has 0 saturated heterocycles. The molecule has 2 bridgehead atoms. The Hall–Kier alpha value is -0.760. The van der Waals surface area contributed by atoms with E-state index in [-0.39, 0.29) is 6.10 Å². The topological polar surface area (TPSA) is 33.4 Å². The molecule has 0 aliphatic heterocycles. The molecule has 1 aromatic rings. The highest BCUT2D eigenvalue weighted by molar-refractivity contribution is 5.18. The third-order valence-electron chi connectivity index (χ3n) is 4.67. The molecule has 4 atom stereocenters. The lowest BCUT2D eigenvalue weighted by molar-refractivity contribution is 0.124. The Morgan fingerprint density at radius 2 is 2.31 bits per heavy atom. The maximum absolute atomic E-state index is 10.2. The zero-order valence-electron chi connectivity index (χ0n) is 9.86. The molecule has 2 aliphatic carbocycles. The summed E-state index contributed by atoms with van der Waals surface area (Å²) in [6.45, 7) is 1.93. The van der Waals surface area contributed by atoms with Crippen molar-refractivity contribution in [3.8, 4) is 0 Å². The molecule has 2 heteroatoms. The number of aliphatic hydroxyl groups excluding tert-OH is 1. The molecule has 0 aromatic carbocycles. The van der Waals surface area contributed by atoms with Crippen LogP contribution >= 0.6 is 0 Å². The van der Waals surface area contributed by atoms with Crippen LogP contribution in [-0.2, 0) is 0 Å². The lowest BCUT2D eigenvalue weighted by Crippen LogP contribution is -2.14. The van der Waals surface area contributed by atoms with Gasteiger partial charge in [-0.3, -0.25) is 0 Å². The number of hydrogen-bond acceptors (Lipinski definition) is 2. The molecule has 1 aromatic heterocycles. The number of aryl methyl sites for hydroxylation is 1. The van der Waals surface area contributed by atoms with Crippen LogP contribution in [0.2, 0.25) is 0 Å². The molecule has 2 nitrogen and oxygen atoms in total. The second-order valence-electron chi connectivity index (χ2n) is 5.62. The second-order valence-corrected chi connectivity index (χ2v) is 5.62. The molecule has 0 amide bonds. The molecular formula is C14H20O2. The second kappa shape index (κ2) is 3.92. The molecule has 3 rings (SSSR count). The highest BCUT2D eigenvalue weighted by Gasteiger charge is 2.40. The van der Waals surface area contributed by atoms with Crippen LogP contribution in [-0.4, -0.2) is 5.11 Å². The zero-order chi connectivity index (χ0) is 11.1. The van der Waals surface area contributed by atoms with E-state index < -0.39 is 0 Å². The summed E-state index contributed by atoms with van der Waals surface area (Å²) >= 11 is 0. The molecule has 4 unspecified atom stereocenters. The summed E-state index contributed by atoms with van der Waals surface area (Å²) in [7, 11) is 0. The van der Waals surface area contributed by atoms with Crippen molar-refractivity contribution in [3.63, 3.8) is 0 Å². The van der Waals surface area contributed by atoms with Crippen molar-refractivity contribution >= 4 is 0 Å². The largest absolute Gasteiger partial charge is 0.469 e. The van der Waals surface area contributed by atoms with E-state index in [1.54, 1.807) is 6.26 Å². The van der Waals surface area contributed by atoms with Crippen LogP contribution in [0.3, 0.4) is 0 Å². The van der Waals surface area contributed by atoms with E-state index in [0.29, 0.717) is 0 Å². The first kappa shape index (κ1) is 10.4. The van der Waals surface area contributed by atoms with E-state index >= 15 is 0 Å². The Morgan fingerprint density at radius 1 is 1.44 bits per heavy atom. The maximum Gasteiger partial charge on any atom is 0.106 e. The van der Waals surface area contributed by atoms with Gasteiger partial charge in [0.2, 0.25) is 0 Å². The molecule has 2 aliphatic rings. The standard InChI is InChI=1S/C14H20O2/c1-9-13(4-5-16-9)14(15)8-12-7-10-2-3-11(12)6-10/h4-5,10-12,14-15H,2-3,6-8H2,1H3. The Labute approximate surface area is 96.7 Å². The normalized spacial score (nSPS) is 34.5. The quantitative estimate of drug-likeness (QED) is 0.846. The van der Waals surface area contributed by atoms with E-state index in [9.17, 15) is 5.11 Å². The molecule has 2 fully saturated rings. The SMILES string of the molecule is Cc1occc1C(O)CC1CC2CCC1C2. The van der Waals surface area contributed by atoms with Crippen LogP contribution in [0.5, 0.6) is 0 Å². The van der Waals surface area contributed by atoms with Crippen molar-refractivity contribution in [3.05, 3.63) is 23.7 Å². The molecule has 1 heterocycles. The van der Waals surface area contributed by atoms with Crippen LogP contribution < -0.4 is 0 Å². The molecular weight excluding hydrogens is 200 g/mol. The van der Waals surface area contributed by atoms with Crippen molar-refractivity contribution in [2.24, 2.45) is 17.8 Å². The molecule has 16 heavy (non-hydrogen) atoms. The van der Waals surface area contributed by atoms with E-state index in [1.807, 2.05) is 13.0 Å². The highest BCUT2D eigenvalue weighted by atomic mass is 16.3. The van der Waals surface area contributed by atoms with Gasteiger partial charge in [0.15, 0.2) is 0 Å². The van der Waals surface area contributed by atoms with E-state index in [2.05, 4.69) is 0 Å². The van der Waals surface area contributed by atoms with Crippen molar-refractivity contribution in [1.29, 1.82) is 0 Å². The van der Waals surface area contributed by atoms with Crippen LogP contribution in [0, 0.1) is 24.7 Å². The molecule has 2 saturated carbocycles. The van der Waals surface area contributed by atoms with Gasteiger partial charge in [0.05, 0.1) is 12.4 Å². The number of furan rings is 1. The van der Waals surface area contributed by atoms with Crippen molar-refractivity contribution in [1.82, 2.24) is 0 Å². The first-order valence-corrected chi connectivity index (χ1v) is 6.46. The van der Waals surface area contributed by atoms with Gasteiger partial charge in [0, 0.05) is 5.56 Å². The number of hydrogen-bond donors (Lipinski definition) is 1. The number of fused-ring (bicyclic) bond motifs is 2. The molecule has 88 valence electrons. The van der Waals surface area contributed by atoms with Crippen LogP contribution in [0.25, 0.3) is 0 Å². The van der Waals surface area contributed by atoms with Crippen molar-refractivity contribution in [2.45, 2.75) is 45.1 Å². The minimum atomic E-state index is -0.317. The van der Waals surface area contributed by atoms with Gasteiger partial charge in [-0.15, -0.1) is 0 Å². The fourth-order valence-electron chi connectivity index (χ4n) is 3.82. The van der Waals surface area contributed by atoms with Gasteiger partial charge in [0.1, 0.15) is 5.76 Å². The average molecular weight is 220 g/mol. The molecule has 0 spiro atoms. The minimum absolute atomic E-state index is 0.317. The lowest BCUT2D eigenvalue weighted by atomic mass is 9.83. The number of aliphatic hydroxyl groups is 1. The van der Waals surface area contributed by atoms with Crippen molar-refractivity contribution < 1.29 is 9.52 Å². The predicted molar refractivity (Wildman–Crippen MR) is 62.0 cm³/mol. The van der Waals surface area contributed by atoms with Gasteiger partial charge < -0.3 is 9.52 Å². The van der Waals surface area contributed by atoms with Gasteiger partial charge in [-0.1, -0.05) is 6.42 Å². The van der Waals surface area contributed by atoms with Crippen LogP contribution in [0.1, 0.15) is 49.5 Å². The summed E-state index contributed by atoms with van der Waals surface area (Å²) in [5.74, 6) is 3.48. The fraction of sp³-hybridized carbons (Fsp3) is 0.714. The first-order valence-electron chi connectivity index (χ1n) is 6.46. The third kappa shape index (κ3) is 1.69. The Balaban J connectivity index is 1.65. The highest BCUT2D eigenvalue weighted by Crippen LogP contribution is 2.51. The monoisotopic (exact) mass is 220 g/mol. The first-order chi connectivity index (χ1) is 7.74. The van der Waals surface area contributed by atoms with E-state index in [1.165, 1.54) is 25.7 Å². The van der Waals surface area contributed by atoms with Crippen molar-refractivity contribution in [2.75, 3.05) is 0 Å². The van der Waals surface area contributed by atoms with Crippen LogP contribution in [0.15, 0.2) is 16.7 Å². The van der Waals surface area contributed by atoms with Crippen LogP contribution in [0.4, 0.5) is 0 Å². The van der Waals surface area contributed by atoms with Gasteiger partial charge in [-0.05, 0) is 56.4 Å². The van der Waals surface area contributed by atoms with Gasteiger partial charge in [-0.25, -0.2) is 0 Å². The van der Waals surface area contributed by atoms with Gasteiger partial charge >= 0.3 is 0 Å². The average Bonchev–Trinajstić information content (AvgIpc) is 2.92. The molecule has 1 N–H and O–H groups in total. The Kier molecular flexibility index (Phi) is 2.55. The summed E-state index contributed by atoms with van der Waals surface area (Å²) < 4.78 is 5.25. The Morgan fingerprint density at radius 3 is 2.88 bits per heavy atom. The smallest absolute Gasteiger partial charge is 0.106 e. The fourth-order valence-corrected chi connectivity index (χ4v) is 3.82. The zero-order valence-corrected chi connectivity index (χ0v) is 9.86. The summed E-state index contributed by atoms with van der Waals surface area (Å²) in [4.78, 5) is 0. The lowest BCUT2D eigenvalue weighted by Gasteiger charge is -2.23. The third-order valence-corrected chi connectivity index (χ3v) is 4.67. The van der Waals surface area contributed by atoms with E-state index in [0.717, 1.165) is 35.5 Å². The summed E-state index contributed by atoms with van der Waals surface area (Å²) in [5, 5.41) is 10.2. The summed E-state index contributed by atoms with van der Waals surface area (Å²) in [6, 6.07) is 1.91. The summed E-state index contributed by atoms with van der Waals surface area (Å²) in [5.41, 5.74) is 0.989.